The second kappa shape index (κ2) is 8.90. The third-order valence-corrected chi connectivity index (χ3v) is 3.99. The molecular weight excluding hydrogens is 210 g/mol. The van der Waals surface area contributed by atoms with Gasteiger partial charge in [-0.25, -0.2) is 0 Å². The third-order valence-electron chi connectivity index (χ3n) is 3.99. The maximum absolute atomic E-state index is 3.73. The van der Waals surface area contributed by atoms with E-state index in [1.54, 1.807) is 0 Å². The SMILES string of the molecule is CCC(C)NC1CCC(NC(C)CC)CC1.N. The number of hydrogen-bond donors (Lipinski definition) is 3. The molecule has 0 aliphatic heterocycles. The van der Waals surface area contributed by atoms with Gasteiger partial charge in [0.15, 0.2) is 0 Å². The summed E-state index contributed by atoms with van der Waals surface area (Å²) in [5.74, 6) is 0. The number of hydrogen-bond acceptors (Lipinski definition) is 3. The lowest BCUT2D eigenvalue weighted by atomic mass is 9.90. The monoisotopic (exact) mass is 243 g/mol. The molecule has 2 atom stereocenters. The Balaban J connectivity index is 0.00000256. The maximum atomic E-state index is 3.73. The van der Waals surface area contributed by atoms with Gasteiger partial charge >= 0.3 is 0 Å². The first kappa shape index (κ1) is 16.9. The van der Waals surface area contributed by atoms with Crippen LogP contribution in [0.2, 0.25) is 0 Å². The second-order valence-corrected chi connectivity index (χ2v) is 5.50. The summed E-state index contributed by atoms with van der Waals surface area (Å²) >= 11 is 0. The fraction of sp³-hybridized carbons (Fsp3) is 1.00. The van der Waals surface area contributed by atoms with Crippen LogP contribution in [-0.2, 0) is 0 Å². The van der Waals surface area contributed by atoms with Crippen molar-refractivity contribution < 1.29 is 0 Å². The molecule has 1 saturated carbocycles. The van der Waals surface area contributed by atoms with E-state index in [0.717, 1.165) is 12.1 Å². The Labute approximate surface area is 108 Å². The topological polar surface area (TPSA) is 59.1 Å². The van der Waals surface area contributed by atoms with Crippen LogP contribution in [0.25, 0.3) is 0 Å². The third kappa shape index (κ3) is 6.39. The van der Waals surface area contributed by atoms with Gasteiger partial charge in [-0.3, -0.25) is 0 Å². The highest BCUT2D eigenvalue weighted by Crippen LogP contribution is 2.20. The van der Waals surface area contributed by atoms with Crippen molar-refractivity contribution in [2.75, 3.05) is 0 Å². The lowest BCUT2D eigenvalue weighted by molar-refractivity contribution is 0.276. The molecule has 17 heavy (non-hydrogen) atoms. The van der Waals surface area contributed by atoms with Gasteiger partial charge < -0.3 is 16.8 Å². The summed E-state index contributed by atoms with van der Waals surface area (Å²) in [6, 6.07) is 2.91. The lowest BCUT2D eigenvalue weighted by Gasteiger charge is -2.33. The zero-order valence-electron chi connectivity index (χ0n) is 12.3. The summed E-state index contributed by atoms with van der Waals surface area (Å²) in [4.78, 5) is 0. The first-order valence-corrected chi connectivity index (χ1v) is 7.17. The Hall–Kier alpha value is -0.120. The molecule has 0 bridgehead atoms. The Morgan fingerprint density at radius 2 is 1.12 bits per heavy atom. The Kier molecular flexibility index (Phi) is 8.83. The lowest BCUT2D eigenvalue weighted by Crippen LogP contribution is -2.44. The van der Waals surface area contributed by atoms with Crippen LogP contribution in [0.15, 0.2) is 0 Å². The van der Waals surface area contributed by atoms with E-state index in [2.05, 4.69) is 38.3 Å². The van der Waals surface area contributed by atoms with Crippen LogP contribution in [0.4, 0.5) is 0 Å². The van der Waals surface area contributed by atoms with Crippen LogP contribution in [0.1, 0.15) is 66.2 Å². The van der Waals surface area contributed by atoms with Crippen LogP contribution in [0.5, 0.6) is 0 Å². The van der Waals surface area contributed by atoms with Gasteiger partial charge in [0.1, 0.15) is 0 Å². The van der Waals surface area contributed by atoms with Gasteiger partial charge in [-0.15, -0.1) is 0 Å². The van der Waals surface area contributed by atoms with Crippen molar-refractivity contribution >= 4 is 0 Å². The van der Waals surface area contributed by atoms with E-state index in [-0.39, 0.29) is 6.15 Å². The molecular formula is C14H33N3. The summed E-state index contributed by atoms with van der Waals surface area (Å²) < 4.78 is 0. The molecule has 0 radical (unpaired) electrons. The Morgan fingerprint density at radius 3 is 1.35 bits per heavy atom. The van der Waals surface area contributed by atoms with Crippen LogP contribution < -0.4 is 16.8 Å². The van der Waals surface area contributed by atoms with E-state index in [0.29, 0.717) is 12.1 Å². The number of rotatable bonds is 6. The first-order valence-electron chi connectivity index (χ1n) is 7.17. The van der Waals surface area contributed by atoms with Gasteiger partial charge in [0, 0.05) is 24.2 Å². The standard InChI is InChI=1S/C14H30N2.H3N/c1-5-11(3)15-13-7-9-14(10-8-13)16-12(4)6-2;/h11-16H,5-10H2,1-4H3;1H3. The molecule has 1 aliphatic carbocycles. The van der Waals surface area contributed by atoms with Crippen molar-refractivity contribution in [2.24, 2.45) is 0 Å². The molecule has 5 N–H and O–H groups in total. The van der Waals surface area contributed by atoms with Crippen LogP contribution in [0, 0.1) is 0 Å². The largest absolute Gasteiger partial charge is 0.344 e. The van der Waals surface area contributed by atoms with Crippen molar-refractivity contribution in [2.45, 2.75) is 90.4 Å². The van der Waals surface area contributed by atoms with Gasteiger partial charge in [-0.05, 0) is 52.4 Å². The van der Waals surface area contributed by atoms with Gasteiger partial charge in [0.05, 0.1) is 0 Å². The summed E-state index contributed by atoms with van der Waals surface area (Å²) in [7, 11) is 0. The molecule has 1 fully saturated rings. The molecule has 0 aromatic carbocycles. The second-order valence-electron chi connectivity index (χ2n) is 5.50. The highest BCUT2D eigenvalue weighted by atomic mass is 15.0. The summed E-state index contributed by atoms with van der Waals surface area (Å²) in [6.45, 7) is 9.11. The molecule has 0 spiro atoms. The smallest absolute Gasteiger partial charge is 0.00706 e. The van der Waals surface area contributed by atoms with Crippen molar-refractivity contribution in [1.82, 2.24) is 16.8 Å². The minimum Gasteiger partial charge on any atom is -0.344 e. The molecule has 0 aromatic rings. The molecule has 0 amide bonds. The fourth-order valence-electron chi connectivity index (χ4n) is 2.47. The predicted octanol–water partition coefficient (Wildman–Crippen LogP) is 3.24. The highest BCUT2D eigenvalue weighted by molar-refractivity contribution is 4.83. The highest BCUT2D eigenvalue weighted by Gasteiger charge is 2.22. The molecule has 3 nitrogen and oxygen atoms in total. The molecule has 1 rings (SSSR count). The summed E-state index contributed by atoms with van der Waals surface area (Å²) in [6.07, 6.45) is 7.86. The van der Waals surface area contributed by atoms with E-state index in [1.165, 1.54) is 38.5 Å². The van der Waals surface area contributed by atoms with Gasteiger partial charge in [-0.1, -0.05) is 13.8 Å². The molecule has 0 aromatic heterocycles. The van der Waals surface area contributed by atoms with Crippen LogP contribution in [0.3, 0.4) is 0 Å². The van der Waals surface area contributed by atoms with Crippen LogP contribution in [-0.4, -0.2) is 24.2 Å². The van der Waals surface area contributed by atoms with E-state index in [1.807, 2.05) is 0 Å². The molecule has 2 unspecified atom stereocenters. The van der Waals surface area contributed by atoms with Crippen LogP contribution >= 0.6 is 0 Å². The molecule has 1 aliphatic rings. The van der Waals surface area contributed by atoms with E-state index in [4.69, 9.17) is 0 Å². The van der Waals surface area contributed by atoms with E-state index in [9.17, 15) is 0 Å². The van der Waals surface area contributed by atoms with E-state index < -0.39 is 0 Å². The molecule has 0 heterocycles. The van der Waals surface area contributed by atoms with Crippen molar-refractivity contribution in [3.8, 4) is 0 Å². The average Bonchev–Trinajstić information content (AvgIpc) is 2.31. The summed E-state index contributed by atoms with van der Waals surface area (Å²) in [5.41, 5.74) is 0. The zero-order valence-corrected chi connectivity index (χ0v) is 12.3. The first-order chi connectivity index (χ1) is 7.65. The average molecular weight is 243 g/mol. The van der Waals surface area contributed by atoms with Gasteiger partial charge in [-0.2, -0.15) is 0 Å². The maximum Gasteiger partial charge on any atom is 0.00706 e. The van der Waals surface area contributed by atoms with Crippen molar-refractivity contribution in [1.29, 1.82) is 0 Å². The quantitative estimate of drug-likeness (QED) is 0.671. The minimum atomic E-state index is 0. The van der Waals surface area contributed by atoms with Gasteiger partial charge in [0.2, 0.25) is 0 Å². The minimum absolute atomic E-state index is 0. The molecule has 104 valence electrons. The normalized spacial score (nSPS) is 28.2. The van der Waals surface area contributed by atoms with E-state index >= 15 is 0 Å². The zero-order chi connectivity index (χ0) is 12.0. The number of nitrogens with one attached hydrogen (secondary N) is 2. The molecule has 0 saturated heterocycles. The fourth-order valence-corrected chi connectivity index (χ4v) is 2.47. The van der Waals surface area contributed by atoms with Crippen molar-refractivity contribution in [3.63, 3.8) is 0 Å². The summed E-state index contributed by atoms with van der Waals surface area (Å²) in [5, 5.41) is 7.46. The van der Waals surface area contributed by atoms with Gasteiger partial charge in [0.25, 0.3) is 0 Å². The predicted molar refractivity (Wildman–Crippen MR) is 76.8 cm³/mol. The Bertz CT molecular complexity index is 156. The Morgan fingerprint density at radius 1 is 0.824 bits per heavy atom. The van der Waals surface area contributed by atoms with Crippen molar-refractivity contribution in [3.05, 3.63) is 0 Å². The molecule has 3 heteroatoms.